The molecule has 1 unspecified atom stereocenters. The van der Waals surface area contributed by atoms with Crippen molar-refractivity contribution in [3.63, 3.8) is 0 Å². The maximum atomic E-state index is 13.1. The molecule has 1 N–H and O–H groups in total. The van der Waals surface area contributed by atoms with Crippen LogP contribution in [0.15, 0.2) is 0 Å². The van der Waals surface area contributed by atoms with Crippen molar-refractivity contribution < 1.29 is 4.79 Å². The van der Waals surface area contributed by atoms with Crippen molar-refractivity contribution in [3.8, 4) is 0 Å². The monoisotopic (exact) mass is 292 g/mol. The van der Waals surface area contributed by atoms with Crippen molar-refractivity contribution in [2.75, 3.05) is 0 Å². The molecule has 3 heteroatoms. The summed E-state index contributed by atoms with van der Waals surface area (Å²) < 4.78 is 0. The van der Waals surface area contributed by atoms with Crippen LogP contribution in [-0.2, 0) is 4.79 Å². The zero-order valence-corrected chi connectivity index (χ0v) is 14.5. The molecule has 1 amide bonds. The standard InChI is InChI=1S/C18H32N2O/c1-13-19-18(8-6-7-9-18)15(21)20(13)14-10-16(2,3)12-17(4,5)11-14/h13-14,19H,6-12H2,1-5H3. The Bertz CT molecular complexity index is 418. The Morgan fingerprint density at radius 1 is 1.05 bits per heavy atom. The molecule has 0 aromatic heterocycles. The van der Waals surface area contributed by atoms with Gasteiger partial charge < -0.3 is 4.90 Å². The lowest BCUT2D eigenvalue weighted by atomic mass is 9.63. The predicted molar refractivity (Wildman–Crippen MR) is 85.8 cm³/mol. The van der Waals surface area contributed by atoms with E-state index in [-0.39, 0.29) is 11.7 Å². The maximum Gasteiger partial charge on any atom is 0.244 e. The Kier molecular flexibility index (Phi) is 3.44. The number of hydrogen-bond donors (Lipinski definition) is 1. The third-order valence-corrected chi connectivity index (χ3v) is 5.93. The van der Waals surface area contributed by atoms with E-state index in [1.165, 1.54) is 19.3 Å². The fourth-order valence-corrected chi connectivity index (χ4v) is 5.76. The Hall–Kier alpha value is -0.570. The summed E-state index contributed by atoms with van der Waals surface area (Å²) in [5, 5.41) is 3.66. The van der Waals surface area contributed by atoms with E-state index in [1.54, 1.807) is 0 Å². The molecule has 2 saturated carbocycles. The fraction of sp³-hybridized carbons (Fsp3) is 0.944. The molecule has 1 atom stereocenters. The number of hydrogen-bond acceptors (Lipinski definition) is 2. The molecule has 3 aliphatic rings. The third-order valence-electron chi connectivity index (χ3n) is 5.93. The summed E-state index contributed by atoms with van der Waals surface area (Å²) in [4.78, 5) is 15.3. The van der Waals surface area contributed by atoms with Gasteiger partial charge in [0, 0.05) is 6.04 Å². The lowest BCUT2D eigenvalue weighted by Gasteiger charge is -2.48. The highest BCUT2D eigenvalue weighted by atomic mass is 16.2. The van der Waals surface area contributed by atoms with Crippen LogP contribution in [0.3, 0.4) is 0 Å². The van der Waals surface area contributed by atoms with Gasteiger partial charge in [0.2, 0.25) is 5.91 Å². The van der Waals surface area contributed by atoms with Gasteiger partial charge in [-0.3, -0.25) is 10.1 Å². The maximum absolute atomic E-state index is 13.1. The second-order valence-corrected chi connectivity index (χ2v) is 9.39. The van der Waals surface area contributed by atoms with Crippen molar-refractivity contribution in [3.05, 3.63) is 0 Å². The lowest BCUT2D eigenvalue weighted by Crippen LogP contribution is -2.51. The van der Waals surface area contributed by atoms with Crippen LogP contribution in [0.5, 0.6) is 0 Å². The first-order valence-corrected chi connectivity index (χ1v) is 8.75. The van der Waals surface area contributed by atoms with E-state index in [1.807, 2.05) is 0 Å². The van der Waals surface area contributed by atoms with Crippen LogP contribution in [0.2, 0.25) is 0 Å². The Morgan fingerprint density at radius 3 is 2.10 bits per heavy atom. The molecule has 0 radical (unpaired) electrons. The molecule has 1 heterocycles. The van der Waals surface area contributed by atoms with Crippen molar-refractivity contribution in [2.45, 2.75) is 97.3 Å². The van der Waals surface area contributed by atoms with E-state index in [0.717, 1.165) is 25.7 Å². The van der Waals surface area contributed by atoms with Gasteiger partial charge in [-0.25, -0.2) is 0 Å². The van der Waals surface area contributed by atoms with Crippen molar-refractivity contribution in [2.24, 2.45) is 10.8 Å². The van der Waals surface area contributed by atoms with Gasteiger partial charge in [0.15, 0.2) is 0 Å². The fourth-order valence-electron chi connectivity index (χ4n) is 5.76. The van der Waals surface area contributed by atoms with Gasteiger partial charge in [0.25, 0.3) is 0 Å². The van der Waals surface area contributed by atoms with E-state index in [4.69, 9.17) is 0 Å². The summed E-state index contributed by atoms with van der Waals surface area (Å²) in [5.41, 5.74) is 0.445. The molecule has 3 nitrogen and oxygen atoms in total. The van der Waals surface area contributed by atoms with Gasteiger partial charge >= 0.3 is 0 Å². The van der Waals surface area contributed by atoms with Crippen LogP contribution in [0.1, 0.15) is 79.6 Å². The summed E-state index contributed by atoms with van der Waals surface area (Å²) in [6, 6.07) is 0.402. The van der Waals surface area contributed by atoms with E-state index >= 15 is 0 Å². The lowest BCUT2D eigenvalue weighted by molar-refractivity contribution is -0.137. The smallest absolute Gasteiger partial charge is 0.244 e. The van der Waals surface area contributed by atoms with Gasteiger partial charge in [0.05, 0.1) is 11.7 Å². The normalized spacial score (nSPS) is 34.8. The third kappa shape index (κ3) is 2.62. The number of carbonyl (C=O) groups is 1. The molecule has 1 spiro atoms. The molecule has 1 saturated heterocycles. The molecule has 3 fully saturated rings. The van der Waals surface area contributed by atoms with Gasteiger partial charge in [-0.15, -0.1) is 0 Å². The highest BCUT2D eigenvalue weighted by Gasteiger charge is 2.54. The van der Waals surface area contributed by atoms with Crippen LogP contribution in [0.25, 0.3) is 0 Å². The minimum Gasteiger partial charge on any atom is -0.323 e. The van der Waals surface area contributed by atoms with Gasteiger partial charge in [-0.05, 0) is 49.9 Å². The quantitative estimate of drug-likeness (QED) is 0.799. The summed E-state index contributed by atoms with van der Waals surface area (Å²) in [5.74, 6) is 0.394. The number of rotatable bonds is 1. The minimum absolute atomic E-state index is 0.199. The topological polar surface area (TPSA) is 32.3 Å². The highest BCUT2D eigenvalue weighted by molar-refractivity contribution is 5.89. The van der Waals surface area contributed by atoms with Crippen LogP contribution in [-0.4, -0.2) is 28.6 Å². The molecular formula is C18H32N2O. The van der Waals surface area contributed by atoms with Gasteiger partial charge in [-0.2, -0.15) is 0 Å². The molecule has 120 valence electrons. The second kappa shape index (κ2) is 4.71. The molecule has 21 heavy (non-hydrogen) atoms. The Morgan fingerprint density at radius 2 is 1.57 bits per heavy atom. The summed E-state index contributed by atoms with van der Waals surface area (Å²) in [7, 11) is 0. The number of nitrogens with one attached hydrogen (secondary N) is 1. The number of amides is 1. The predicted octanol–water partition coefficient (Wildman–Crippen LogP) is 3.68. The largest absolute Gasteiger partial charge is 0.323 e. The summed E-state index contributed by atoms with van der Waals surface area (Å²) in [6.45, 7) is 11.6. The molecule has 0 aromatic rings. The number of carbonyl (C=O) groups excluding carboxylic acids is 1. The average molecular weight is 292 g/mol. The molecule has 0 aromatic carbocycles. The first-order chi connectivity index (χ1) is 9.64. The summed E-state index contributed by atoms with van der Waals surface area (Å²) >= 11 is 0. The zero-order valence-electron chi connectivity index (χ0n) is 14.5. The first kappa shape index (κ1) is 15.3. The SMILES string of the molecule is CC1NC2(CCCC2)C(=O)N1C1CC(C)(C)CC(C)(C)C1. The second-order valence-electron chi connectivity index (χ2n) is 9.39. The molecule has 1 aliphatic heterocycles. The van der Waals surface area contributed by atoms with Gasteiger partial charge in [0.1, 0.15) is 0 Å². The summed E-state index contributed by atoms with van der Waals surface area (Å²) in [6.07, 6.45) is 8.20. The van der Waals surface area contributed by atoms with E-state index in [0.29, 0.717) is 22.8 Å². The minimum atomic E-state index is -0.217. The molecule has 2 aliphatic carbocycles. The highest BCUT2D eigenvalue weighted by Crippen LogP contribution is 2.49. The average Bonchev–Trinajstić information content (AvgIpc) is 2.82. The zero-order chi connectivity index (χ0) is 15.5. The van der Waals surface area contributed by atoms with E-state index in [9.17, 15) is 4.79 Å². The molecular weight excluding hydrogens is 260 g/mol. The van der Waals surface area contributed by atoms with Crippen molar-refractivity contribution in [1.29, 1.82) is 0 Å². The van der Waals surface area contributed by atoms with E-state index in [2.05, 4.69) is 44.8 Å². The van der Waals surface area contributed by atoms with E-state index < -0.39 is 0 Å². The first-order valence-electron chi connectivity index (χ1n) is 8.75. The molecule has 3 rings (SSSR count). The Balaban J connectivity index is 1.84. The van der Waals surface area contributed by atoms with Crippen LogP contribution >= 0.6 is 0 Å². The van der Waals surface area contributed by atoms with Crippen LogP contribution < -0.4 is 5.32 Å². The van der Waals surface area contributed by atoms with Gasteiger partial charge in [-0.1, -0.05) is 40.5 Å². The van der Waals surface area contributed by atoms with Crippen LogP contribution in [0.4, 0.5) is 0 Å². The number of nitrogens with zero attached hydrogens (tertiary/aromatic N) is 1. The Labute approximate surface area is 129 Å². The van der Waals surface area contributed by atoms with Crippen molar-refractivity contribution in [1.82, 2.24) is 10.2 Å². The van der Waals surface area contributed by atoms with Crippen LogP contribution in [0, 0.1) is 10.8 Å². The van der Waals surface area contributed by atoms with Crippen molar-refractivity contribution >= 4 is 5.91 Å². The molecule has 0 bridgehead atoms.